The number of aromatic amines is 1. The van der Waals surface area contributed by atoms with E-state index in [4.69, 9.17) is 44.9 Å². The summed E-state index contributed by atoms with van der Waals surface area (Å²) in [4.78, 5) is 0. The molecule has 0 aliphatic heterocycles. The minimum Gasteiger partial charge on any atom is -0.493 e. The van der Waals surface area contributed by atoms with Crippen LogP contribution in [-0.4, -0.2) is 22.0 Å². The lowest BCUT2D eigenvalue weighted by Gasteiger charge is -2.15. The van der Waals surface area contributed by atoms with Crippen molar-refractivity contribution in [2.45, 2.75) is 13.2 Å². The van der Waals surface area contributed by atoms with Gasteiger partial charge < -0.3 is 14.9 Å². The van der Waals surface area contributed by atoms with E-state index >= 15 is 0 Å². The van der Waals surface area contributed by atoms with Crippen molar-refractivity contribution < 1.29 is 9.47 Å². The van der Waals surface area contributed by atoms with E-state index in [9.17, 15) is 0 Å². The maximum Gasteiger partial charge on any atom is 0.214 e. The van der Waals surface area contributed by atoms with Gasteiger partial charge in [0.05, 0.1) is 18.7 Å². The molecule has 0 aliphatic rings. The quantitative estimate of drug-likeness (QED) is 0.288. The molecule has 0 bridgehead atoms. The lowest BCUT2D eigenvalue weighted by molar-refractivity contribution is 0.284. The number of ether oxygens (including phenoxy) is 2. The molecule has 0 radical (unpaired) electrons. The maximum absolute atomic E-state index is 6.53. The Morgan fingerprint density at radius 3 is 2.59 bits per heavy atom. The maximum atomic E-state index is 6.53. The molecule has 0 saturated carbocycles. The molecule has 0 aliphatic carbocycles. The second-order valence-electron chi connectivity index (χ2n) is 6.92. The van der Waals surface area contributed by atoms with Gasteiger partial charge in [-0.15, -0.1) is 0 Å². The highest BCUT2D eigenvalue weighted by Gasteiger charge is 2.14. The Bertz CT molecular complexity index is 1270. The van der Waals surface area contributed by atoms with Crippen molar-refractivity contribution in [2.24, 2.45) is 0 Å². The molecule has 3 aromatic carbocycles. The van der Waals surface area contributed by atoms with Crippen LogP contribution < -0.4 is 14.9 Å². The van der Waals surface area contributed by atoms with Crippen molar-refractivity contribution >= 4 is 35.4 Å². The molecule has 0 fully saturated rings. The molecule has 0 atom stereocenters. The van der Waals surface area contributed by atoms with E-state index in [1.165, 1.54) is 0 Å². The summed E-state index contributed by atoms with van der Waals surface area (Å²) in [6.07, 6.45) is 0. The number of hydrogen-bond acceptors (Lipinski definition) is 5. The summed E-state index contributed by atoms with van der Waals surface area (Å²) in [5.74, 6) is 1.70. The summed E-state index contributed by atoms with van der Waals surface area (Å²) in [6, 6.07) is 21.0. The van der Waals surface area contributed by atoms with Crippen LogP contribution in [0.4, 0.5) is 0 Å². The fourth-order valence-electron chi connectivity index (χ4n) is 3.19. The Morgan fingerprint density at radius 1 is 1.03 bits per heavy atom. The summed E-state index contributed by atoms with van der Waals surface area (Å²) >= 11 is 17.9. The molecule has 1 heterocycles. The van der Waals surface area contributed by atoms with Gasteiger partial charge in [0, 0.05) is 10.6 Å². The van der Waals surface area contributed by atoms with Crippen LogP contribution in [-0.2, 0) is 13.2 Å². The van der Waals surface area contributed by atoms with Gasteiger partial charge in [-0.1, -0.05) is 65.7 Å². The molecule has 6 nitrogen and oxygen atoms in total. The van der Waals surface area contributed by atoms with Crippen molar-refractivity contribution in [3.8, 4) is 22.9 Å². The summed E-state index contributed by atoms with van der Waals surface area (Å²) < 4.78 is 13.6. The SMILES string of the molecule is COc1cc(CNn2c(-c3ccccc3)n[nH]c2=S)cc(Cl)c1OCc1cccc(Cl)c1. The summed E-state index contributed by atoms with van der Waals surface area (Å²) in [6.45, 7) is 0.761. The van der Waals surface area contributed by atoms with Gasteiger partial charge in [-0.25, -0.2) is 9.77 Å². The molecule has 0 amide bonds. The van der Waals surface area contributed by atoms with E-state index in [1.54, 1.807) is 11.8 Å². The summed E-state index contributed by atoms with van der Waals surface area (Å²) in [5, 5.41) is 8.25. The van der Waals surface area contributed by atoms with Gasteiger partial charge in [-0.05, 0) is 47.6 Å². The third-order valence-electron chi connectivity index (χ3n) is 4.71. The van der Waals surface area contributed by atoms with Crippen LogP contribution in [0.25, 0.3) is 11.4 Å². The van der Waals surface area contributed by atoms with Gasteiger partial charge in [0.25, 0.3) is 0 Å². The Labute approximate surface area is 200 Å². The second-order valence-corrected chi connectivity index (χ2v) is 8.15. The van der Waals surface area contributed by atoms with E-state index in [1.807, 2.05) is 66.7 Å². The van der Waals surface area contributed by atoms with Crippen molar-refractivity contribution in [2.75, 3.05) is 12.5 Å². The average molecular weight is 487 g/mol. The van der Waals surface area contributed by atoms with Gasteiger partial charge in [-0.2, -0.15) is 5.10 Å². The van der Waals surface area contributed by atoms with Crippen LogP contribution in [0.3, 0.4) is 0 Å². The number of nitrogens with zero attached hydrogens (tertiary/aromatic N) is 2. The molecule has 4 rings (SSSR count). The fraction of sp³-hybridized carbons (Fsp3) is 0.130. The molecule has 9 heteroatoms. The van der Waals surface area contributed by atoms with Gasteiger partial charge in [-0.3, -0.25) is 0 Å². The summed E-state index contributed by atoms with van der Waals surface area (Å²) in [5.41, 5.74) is 6.05. The zero-order chi connectivity index (χ0) is 22.5. The molecule has 4 aromatic rings. The minimum atomic E-state index is 0.318. The third-order valence-corrected chi connectivity index (χ3v) is 5.50. The van der Waals surface area contributed by atoms with Gasteiger partial charge >= 0.3 is 0 Å². The van der Waals surface area contributed by atoms with Gasteiger partial charge in [0.2, 0.25) is 4.77 Å². The third kappa shape index (κ3) is 5.07. The number of H-pyrrole nitrogens is 1. The topological polar surface area (TPSA) is 64.1 Å². The molecule has 32 heavy (non-hydrogen) atoms. The monoisotopic (exact) mass is 486 g/mol. The van der Waals surface area contributed by atoms with Crippen molar-refractivity contribution in [1.82, 2.24) is 14.9 Å². The molecule has 1 aromatic heterocycles. The zero-order valence-corrected chi connectivity index (χ0v) is 19.5. The van der Waals surface area contributed by atoms with E-state index in [2.05, 4.69) is 15.6 Å². The van der Waals surface area contributed by atoms with Crippen LogP contribution in [0.5, 0.6) is 11.5 Å². The number of methoxy groups -OCH3 is 1. The van der Waals surface area contributed by atoms with Gasteiger partial charge in [0.1, 0.15) is 6.61 Å². The predicted molar refractivity (Wildman–Crippen MR) is 130 cm³/mol. The van der Waals surface area contributed by atoms with E-state index in [-0.39, 0.29) is 0 Å². The molecular weight excluding hydrogens is 467 g/mol. The van der Waals surface area contributed by atoms with Crippen molar-refractivity contribution in [3.05, 3.63) is 92.7 Å². The zero-order valence-electron chi connectivity index (χ0n) is 17.1. The molecule has 2 N–H and O–H groups in total. The first-order valence-corrected chi connectivity index (χ1v) is 10.9. The predicted octanol–water partition coefficient (Wildman–Crippen LogP) is 6.25. The van der Waals surface area contributed by atoms with Crippen molar-refractivity contribution in [1.29, 1.82) is 0 Å². The lowest BCUT2D eigenvalue weighted by atomic mass is 10.2. The number of aromatic nitrogens is 3. The van der Waals surface area contributed by atoms with Crippen LogP contribution in [0.2, 0.25) is 10.0 Å². The van der Waals surface area contributed by atoms with Crippen LogP contribution in [0, 0.1) is 4.77 Å². The van der Waals surface area contributed by atoms with E-state index in [0.717, 1.165) is 16.7 Å². The first-order chi connectivity index (χ1) is 15.5. The molecule has 0 saturated heterocycles. The molecule has 0 spiro atoms. The first-order valence-electron chi connectivity index (χ1n) is 9.75. The highest BCUT2D eigenvalue weighted by Crippen LogP contribution is 2.37. The normalized spacial score (nSPS) is 10.7. The second kappa shape index (κ2) is 10.1. The highest BCUT2D eigenvalue weighted by molar-refractivity contribution is 7.71. The first kappa shape index (κ1) is 22.2. The van der Waals surface area contributed by atoms with Gasteiger partial charge in [0.15, 0.2) is 17.3 Å². The Kier molecular flexibility index (Phi) is 6.99. The Morgan fingerprint density at radius 2 is 1.84 bits per heavy atom. The number of rotatable bonds is 8. The Hall–Kier alpha value is -3.00. The van der Waals surface area contributed by atoms with E-state index < -0.39 is 0 Å². The smallest absolute Gasteiger partial charge is 0.214 e. The number of halogens is 2. The average Bonchev–Trinajstić information content (AvgIpc) is 3.17. The Balaban J connectivity index is 1.52. The molecule has 164 valence electrons. The molecular formula is C23H20Cl2N4O2S. The largest absolute Gasteiger partial charge is 0.493 e. The number of hydrogen-bond donors (Lipinski definition) is 2. The van der Waals surface area contributed by atoms with Crippen molar-refractivity contribution in [3.63, 3.8) is 0 Å². The number of nitrogens with one attached hydrogen (secondary N) is 2. The number of benzene rings is 3. The lowest BCUT2D eigenvalue weighted by Crippen LogP contribution is -2.16. The minimum absolute atomic E-state index is 0.318. The van der Waals surface area contributed by atoms with Crippen LogP contribution in [0.15, 0.2) is 66.7 Å². The van der Waals surface area contributed by atoms with Crippen LogP contribution >= 0.6 is 35.4 Å². The standard InChI is InChI=1S/C23H20Cl2N4O2S/c1-30-20-12-16(11-19(25)21(20)31-14-15-6-5-9-18(24)10-15)13-26-29-22(27-28-23(29)32)17-7-3-2-4-8-17/h2-12,26H,13-14H2,1H3,(H,28,32). The molecule has 0 unspecified atom stereocenters. The van der Waals surface area contributed by atoms with E-state index in [0.29, 0.717) is 45.3 Å². The highest BCUT2D eigenvalue weighted by atomic mass is 35.5. The van der Waals surface area contributed by atoms with Crippen LogP contribution in [0.1, 0.15) is 11.1 Å². The summed E-state index contributed by atoms with van der Waals surface area (Å²) in [7, 11) is 1.58. The fourth-order valence-corrected chi connectivity index (χ4v) is 3.89.